The number of rotatable bonds is 7. The van der Waals surface area contributed by atoms with Crippen molar-refractivity contribution in [1.82, 2.24) is 10.3 Å². The van der Waals surface area contributed by atoms with Crippen molar-refractivity contribution in [3.63, 3.8) is 0 Å². The van der Waals surface area contributed by atoms with Gasteiger partial charge in [-0.25, -0.2) is 4.98 Å². The van der Waals surface area contributed by atoms with Crippen molar-refractivity contribution >= 4 is 23.3 Å². The Morgan fingerprint density at radius 1 is 1.11 bits per heavy atom. The molecule has 0 spiro atoms. The Balaban J connectivity index is 1.57. The van der Waals surface area contributed by atoms with Gasteiger partial charge in [0.15, 0.2) is 0 Å². The topological polar surface area (TPSA) is 65.5 Å². The van der Waals surface area contributed by atoms with Gasteiger partial charge in [0.05, 0.1) is 0 Å². The lowest BCUT2D eigenvalue weighted by Gasteiger charge is -2.26. The molecule has 0 radical (unpaired) electrons. The van der Waals surface area contributed by atoms with Gasteiger partial charge < -0.3 is 15.1 Å². The van der Waals surface area contributed by atoms with Gasteiger partial charge in [0.25, 0.3) is 5.91 Å². The Morgan fingerprint density at radius 2 is 1.86 bits per heavy atom. The first kappa shape index (κ1) is 19.9. The van der Waals surface area contributed by atoms with Crippen LogP contribution in [0.15, 0.2) is 42.6 Å². The number of benzene rings is 1. The number of hydrogen-bond donors (Lipinski definition) is 1. The molecule has 1 aliphatic heterocycles. The van der Waals surface area contributed by atoms with Gasteiger partial charge in [0.1, 0.15) is 5.82 Å². The van der Waals surface area contributed by atoms with Crippen molar-refractivity contribution in [2.24, 2.45) is 0 Å². The number of pyridine rings is 1. The molecule has 1 N–H and O–H groups in total. The molecule has 2 heterocycles. The van der Waals surface area contributed by atoms with E-state index in [1.54, 1.807) is 23.2 Å². The number of carbonyl (C=O) groups is 2. The third kappa shape index (κ3) is 4.68. The van der Waals surface area contributed by atoms with Crippen LogP contribution >= 0.6 is 0 Å². The fraction of sp³-hybridized carbons (Fsp3) is 0.409. The summed E-state index contributed by atoms with van der Waals surface area (Å²) in [6.07, 6.45) is 4.39. The Morgan fingerprint density at radius 3 is 2.46 bits per heavy atom. The number of piperidine rings is 1. The van der Waals surface area contributed by atoms with Crippen LogP contribution in [-0.2, 0) is 11.3 Å². The van der Waals surface area contributed by atoms with E-state index in [0.717, 1.165) is 49.5 Å². The van der Waals surface area contributed by atoms with Gasteiger partial charge in [-0.05, 0) is 62.6 Å². The standard InChI is InChI=1S/C22H28N4O2/c1-3-25(4-2)20-13-8-17(15-23-20)16-24-22(28)18-9-11-19(12-10-18)26-14-6-5-7-21(26)27/h8-13,15H,3-7,14,16H2,1-2H3,(H,24,28). The van der Waals surface area contributed by atoms with Crippen molar-refractivity contribution in [1.29, 1.82) is 0 Å². The smallest absolute Gasteiger partial charge is 0.251 e. The summed E-state index contributed by atoms with van der Waals surface area (Å²) < 4.78 is 0. The average molecular weight is 380 g/mol. The molecule has 1 aliphatic rings. The second-order valence-corrected chi connectivity index (χ2v) is 6.93. The van der Waals surface area contributed by atoms with Crippen LogP contribution in [0.5, 0.6) is 0 Å². The van der Waals surface area contributed by atoms with Crippen LogP contribution in [0.25, 0.3) is 0 Å². The predicted octanol–water partition coefficient (Wildman–Crippen LogP) is 3.37. The van der Waals surface area contributed by atoms with E-state index in [1.807, 2.05) is 24.3 Å². The van der Waals surface area contributed by atoms with Crippen LogP contribution in [-0.4, -0.2) is 36.4 Å². The minimum atomic E-state index is -0.135. The molecule has 28 heavy (non-hydrogen) atoms. The summed E-state index contributed by atoms with van der Waals surface area (Å²) in [6, 6.07) is 11.2. The molecule has 0 aliphatic carbocycles. The van der Waals surface area contributed by atoms with Crippen molar-refractivity contribution in [2.45, 2.75) is 39.7 Å². The molecule has 2 aromatic rings. The third-order valence-corrected chi connectivity index (χ3v) is 5.11. The molecule has 2 amide bonds. The fourth-order valence-corrected chi connectivity index (χ4v) is 3.41. The van der Waals surface area contributed by atoms with E-state index in [4.69, 9.17) is 0 Å². The van der Waals surface area contributed by atoms with E-state index in [9.17, 15) is 9.59 Å². The zero-order valence-electron chi connectivity index (χ0n) is 16.6. The number of anilines is 2. The molecule has 1 fully saturated rings. The number of nitrogens with zero attached hydrogens (tertiary/aromatic N) is 3. The van der Waals surface area contributed by atoms with Gasteiger partial charge in [-0.15, -0.1) is 0 Å². The molecule has 0 saturated carbocycles. The maximum atomic E-state index is 12.4. The highest BCUT2D eigenvalue weighted by Gasteiger charge is 2.19. The van der Waals surface area contributed by atoms with Crippen LogP contribution in [0.1, 0.15) is 49.0 Å². The molecule has 148 valence electrons. The van der Waals surface area contributed by atoms with Gasteiger partial charge in [-0.3, -0.25) is 9.59 Å². The Kier molecular flexibility index (Phi) is 6.63. The molecule has 6 heteroatoms. The quantitative estimate of drug-likeness (QED) is 0.800. The molecule has 0 unspecified atom stereocenters. The normalized spacial score (nSPS) is 14.1. The van der Waals surface area contributed by atoms with E-state index in [2.05, 4.69) is 29.0 Å². The molecular weight excluding hydrogens is 352 g/mol. The number of carbonyl (C=O) groups excluding carboxylic acids is 2. The molecule has 6 nitrogen and oxygen atoms in total. The summed E-state index contributed by atoms with van der Waals surface area (Å²) in [6.45, 7) is 7.21. The number of aromatic nitrogens is 1. The second-order valence-electron chi connectivity index (χ2n) is 6.93. The first-order valence-corrected chi connectivity index (χ1v) is 10.0. The lowest BCUT2D eigenvalue weighted by atomic mass is 10.1. The average Bonchev–Trinajstić information content (AvgIpc) is 2.74. The Bertz CT molecular complexity index is 798. The minimum Gasteiger partial charge on any atom is -0.357 e. The summed E-state index contributed by atoms with van der Waals surface area (Å²) in [5.74, 6) is 0.969. The Hall–Kier alpha value is -2.89. The van der Waals surface area contributed by atoms with Crippen molar-refractivity contribution < 1.29 is 9.59 Å². The molecule has 1 saturated heterocycles. The summed E-state index contributed by atoms with van der Waals surface area (Å²) >= 11 is 0. The monoisotopic (exact) mass is 380 g/mol. The third-order valence-electron chi connectivity index (χ3n) is 5.11. The van der Waals surface area contributed by atoms with E-state index in [-0.39, 0.29) is 11.8 Å². The zero-order valence-corrected chi connectivity index (χ0v) is 16.6. The summed E-state index contributed by atoms with van der Waals surface area (Å²) in [5, 5.41) is 2.93. The Labute approximate surface area is 166 Å². The predicted molar refractivity (Wildman–Crippen MR) is 112 cm³/mol. The molecule has 1 aromatic heterocycles. The van der Waals surface area contributed by atoms with Gasteiger partial charge in [0, 0.05) is 50.0 Å². The van der Waals surface area contributed by atoms with Crippen molar-refractivity contribution in [2.75, 3.05) is 29.4 Å². The number of nitrogens with one attached hydrogen (secondary N) is 1. The summed E-state index contributed by atoms with van der Waals surface area (Å²) in [7, 11) is 0. The van der Waals surface area contributed by atoms with Crippen molar-refractivity contribution in [3.8, 4) is 0 Å². The molecule has 1 aromatic carbocycles. The maximum Gasteiger partial charge on any atom is 0.251 e. The fourth-order valence-electron chi connectivity index (χ4n) is 3.41. The van der Waals surface area contributed by atoms with Gasteiger partial charge in [-0.1, -0.05) is 6.07 Å². The van der Waals surface area contributed by atoms with Gasteiger partial charge in [0.2, 0.25) is 5.91 Å². The minimum absolute atomic E-state index is 0.135. The molecule has 0 atom stereocenters. The summed E-state index contributed by atoms with van der Waals surface area (Å²) in [5.41, 5.74) is 2.40. The van der Waals surface area contributed by atoms with Crippen LogP contribution in [0.4, 0.5) is 11.5 Å². The molecular formula is C22H28N4O2. The highest BCUT2D eigenvalue weighted by molar-refractivity contribution is 5.96. The van der Waals surface area contributed by atoms with Gasteiger partial charge in [-0.2, -0.15) is 0 Å². The summed E-state index contributed by atoms with van der Waals surface area (Å²) in [4.78, 5) is 32.9. The SMILES string of the molecule is CCN(CC)c1ccc(CNC(=O)c2ccc(N3CCCCC3=O)cc2)cn1. The number of amides is 2. The second kappa shape index (κ2) is 9.35. The highest BCUT2D eigenvalue weighted by Crippen LogP contribution is 2.21. The van der Waals surface area contributed by atoms with Crippen molar-refractivity contribution in [3.05, 3.63) is 53.7 Å². The van der Waals surface area contributed by atoms with Crippen LogP contribution in [0.3, 0.4) is 0 Å². The number of hydrogen-bond acceptors (Lipinski definition) is 4. The van der Waals surface area contributed by atoms with E-state index in [1.165, 1.54) is 0 Å². The van der Waals surface area contributed by atoms with Crippen LogP contribution < -0.4 is 15.1 Å². The zero-order chi connectivity index (χ0) is 19.9. The lowest BCUT2D eigenvalue weighted by Crippen LogP contribution is -2.35. The van der Waals surface area contributed by atoms with Crippen LogP contribution in [0, 0.1) is 0 Å². The van der Waals surface area contributed by atoms with E-state index in [0.29, 0.717) is 18.5 Å². The molecule has 0 bridgehead atoms. The van der Waals surface area contributed by atoms with Crippen LogP contribution in [0.2, 0.25) is 0 Å². The van der Waals surface area contributed by atoms with E-state index >= 15 is 0 Å². The van der Waals surface area contributed by atoms with Gasteiger partial charge >= 0.3 is 0 Å². The highest BCUT2D eigenvalue weighted by atomic mass is 16.2. The van der Waals surface area contributed by atoms with E-state index < -0.39 is 0 Å². The molecule has 3 rings (SSSR count). The first-order chi connectivity index (χ1) is 13.6. The lowest BCUT2D eigenvalue weighted by molar-refractivity contribution is -0.119. The maximum absolute atomic E-state index is 12.4. The largest absolute Gasteiger partial charge is 0.357 e. The first-order valence-electron chi connectivity index (χ1n) is 10.0.